The first-order chi connectivity index (χ1) is 17.6. The summed E-state index contributed by atoms with van der Waals surface area (Å²) in [5.41, 5.74) is 3.43. The van der Waals surface area contributed by atoms with E-state index in [1.54, 1.807) is 10.9 Å². The zero-order valence-corrected chi connectivity index (χ0v) is 20.9. The number of rotatable bonds is 4. The summed E-state index contributed by atoms with van der Waals surface area (Å²) in [6, 6.07) is 7.92. The standard InChI is InChI=1S/C23H27N9O.C2H4O/c1-29-9-6-16(15-29)17-7-10-32(28-17)23-26-21-19(22(27-23)31-11-13-33-14-12-31)25-20(30(21)2)18-5-3-4-8-24-18;1-2-3/h3-5,7-8,10,16H,6,9,11-15H2,1-2H3;2H,1H3. The molecule has 0 spiro atoms. The van der Waals surface area contributed by atoms with Gasteiger partial charge in [-0.05, 0) is 45.1 Å². The van der Waals surface area contributed by atoms with Crippen molar-refractivity contribution in [2.24, 2.45) is 7.05 Å². The minimum atomic E-state index is 0.450. The summed E-state index contributed by atoms with van der Waals surface area (Å²) in [4.78, 5) is 32.6. The fraction of sp³-hybridized carbons (Fsp3) is 0.440. The van der Waals surface area contributed by atoms with E-state index >= 15 is 0 Å². The van der Waals surface area contributed by atoms with E-state index in [1.165, 1.54) is 6.92 Å². The molecule has 2 fully saturated rings. The van der Waals surface area contributed by atoms with E-state index in [2.05, 4.69) is 27.9 Å². The van der Waals surface area contributed by atoms with E-state index in [9.17, 15) is 0 Å². The number of aromatic nitrogens is 7. The van der Waals surface area contributed by atoms with Crippen molar-refractivity contribution in [1.29, 1.82) is 0 Å². The molecule has 188 valence electrons. The molecule has 0 N–H and O–H groups in total. The van der Waals surface area contributed by atoms with Crippen molar-refractivity contribution < 1.29 is 9.53 Å². The highest BCUT2D eigenvalue weighted by atomic mass is 16.5. The van der Waals surface area contributed by atoms with Gasteiger partial charge in [0.05, 0.1) is 18.9 Å². The zero-order chi connectivity index (χ0) is 25.1. The van der Waals surface area contributed by atoms with Gasteiger partial charge in [0.1, 0.15) is 12.0 Å². The summed E-state index contributed by atoms with van der Waals surface area (Å²) in [5, 5.41) is 4.86. The van der Waals surface area contributed by atoms with Crippen LogP contribution in [0.2, 0.25) is 0 Å². The average Bonchev–Trinajstić information content (AvgIpc) is 3.64. The molecule has 0 amide bonds. The Kier molecular flexibility index (Phi) is 7.01. The number of hydrogen-bond donors (Lipinski definition) is 0. The monoisotopic (exact) mass is 489 g/mol. The third-order valence-electron chi connectivity index (χ3n) is 6.52. The van der Waals surface area contributed by atoms with E-state index in [0.717, 1.165) is 73.1 Å². The fourth-order valence-electron chi connectivity index (χ4n) is 4.70. The fourth-order valence-corrected chi connectivity index (χ4v) is 4.70. The third-order valence-corrected chi connectivity index (χ3v) is 6.52. The molecule has 0 radical (unpaired) electrons. The Hall–Kier alpha value is -3.70. The number of anilines is 1. The van der Waals surface area contributed by atoms with Crippen LogP contribution < -0.4 is 4.90 Å². The summed E-state index contributed by atoms with van der Waals surface area (Å²) >= 11 is 0. The number of carbonyl (C=O) groups excluding carboxylic acids is 1. The molecular weight excluding hydrogens is 458 g/mol. The number of nitrogens with zero attached hydrogens (tertiary/aromatic N) is 9. The molecule has 1 atom stereocenters. The number of ether oxygens (including phenoxy) is 1. The van der Waals surface area contributed by atoms with Crippen LogP contribution in [0, 0.1) is 0 Å². The predicted octanol–water partition coefficient (Wildman–Crippen LogP) is 2.07. The molecule has 11 nitrogen and oxygen atoms in total. The molecule has 4 aromatic rings. The van der Waals surface area contributed by atoms with Gasteiger partial charge in [-0.2, -0.15) is 15.1 Å². The second kappa shape index (κ2) is 10.5. The molecule has 0 aliphatic carbocycles. The van der Waals surface area contributed by atoms with Gasteiger partial charge in [-0.1, -0.05) is 6.07 Å². The lowest BCUT2D eigenvalue weighted by atomic mass is 10.1. The molecule has 6 rings (SSSR count). The number of hydrogen-bond acceptors (Lipinski definition) is 9. The predicted molar refractivity (Wildman–Crippen MR) is 136 cm³/mol. The summed E-state index contributed by atoms with van der Waals surface area (Å²) in [6.45, 7) is 6.45. The van der Waals surface area contributed by atoms with Gasteiger partial charge in [0.2, 0.25) is 0 Å². The van der Waals surface area contributed by atoms with Crippen LogP contribution in [0.15, 0.2) is 36.7 Å². The lowest BCUT2D eigenvalue weighted by Gasteiger charge is -2.28. The van der Waals surface area contributed by atoms with Crippen LogP contribution in [0.4, 0.5) is 5.82 Å². The van der Waals surface area contributed by atoms with Gasteiger partial charge in [0.15, 0.2) is 22.8 Å². The first-order valence-electron chi connectivity index (χ1n) is 12.2. The second-order valence-corrected chi connectivity index (χ2v) is 9.00. The smallest absolute Gasteiger partial charge is 0.254 e. The number of aldehydes is 1. The summed E-state index contributed by atoms with van der Waals surface area (Å²) < 4.78 is 9.36. The number of aryl methyl sites for hydroxylation is 1. The van der Waals surface area contributed by atoms with Crippen LogP contribution in [0.1, 0.15) is 25.0 Å². The first-order valence-corrected chi connectivity index (χ1v) is 12.2. The second-order valence-electron chi connectivity index (χ2n) is 9.00. The van der Waals surface area contributed by atoms with Crippen molar-refractivity contribution in [2.45, 2.75) is 19.3 Å². The molecule has 2 saturated heterocycles. The molecule has 0 saturated carbocycles. The number of pyridine rings is 1. The molecule has 0 aromatic carbocycles. The van der Waals surface area contributed by atoms with E-state index in [4.69, 9.17) is 29.6 Å². The van der Waals surface area contributed by atoms with Crippen LogP contribution in [0.5, 0.6) is 0 Å². The van der Waals surface area contributed by atoms with Crippen LogP contribution in [-0.4, -0.2) is 91.9 Å². The highest BCUT2D eigenvalue weighted by molar-refractivity contribution is 5.87. The zero-order valence-electron chi connectivity index (χ0n) is 20.9. The van der Waals surface area contributed by atoms with Gasteiger partial charge in [0.25, 0.3) is 5.95 Å². The molecule has 11 heteroatoms. The minimum Gasteiger partial charge on any atom is -0.378 e. The topological polar surface area (TPSA) is 107 Å². The summed E-state index contributed by atoms with van der Waals surface area (Å²) in [5.74, 6) is 2.58. The average molecular weight is 490 g/mol. The van der Waals surface area contributed by atoms with Crippen LogP contribution in [0.3, 0.4) is 0 Å². The maximum absolute atomic E-state index is 8.81. The van der Waals surface area contributed by atoms with Crippen LogP contribution >= 0.6 is 0 Å². The van der Waals surface area contributed by atoms with Crippen molar-refractivity contribution in [1.82, 2.24) is 39.2 Å². The van der Waals surface area contributed by atoms with Gasteiger partial charge >= 0.3 is 0 Å². The first kappa shape index (κ1) is 24.0. The van der Waals surface area contributed by atoms with Crippen molar-refractivity contribution in [3.8, 4) is 17.5 Å². The van der Waals surface area contributed by atoms with E-state index < -0.39 is 0 Å². The number of fused-ring (bicyclic) bond motifs is 1. The third kappa shape index (κ3) is 4.71. The lowest BCUT2D eigenvalue weighted by molar-refractivity contribution is -0.106. The lowest BCUT2D eigenvalue weighted by Crippen LogP contribution is -2.37. The summed E-state index contributed by atoms with van der Waals surface area (Å²) in [7, 11) is 4.13. The Morgan fingerprint density at radius 3 is 2.56 bits per heavy atom. The van der Waals surface area contributed by atoms with E-state index in [1.807, 2.05) is 36.0 Å². The van der Waals surface area contributed by atoms with Crippen LogP contribution in [-0.2, 0) is 16.6 Å². The Morgan fingerprint density at radius 2 is 1.86 bits per heavy atom. The molecule has 0 bridgehead atoms. The molecule has 1 unspecified atom stereocenters. The van der Waals surface area contributed by atoms with Crippen molar-refractivity contribution in [3.05, 3.63) is 42.4 Å². The number of likely N-dealkylation sites (N-methyl/N-ethyl adjacent to an activating group) is 1. The Morgan fingerprint density at radius 1 is 1.06 bits per heavy atom. The number of likely N-dealkylation sites (tertiary alicyclic amines) is 1. The number of morpholine rings is 1. The van der Waals surface area contributed by atoms with Crippen molar-refractivity contribution in [2.75, 3.05) is 51.3 Å². The maximum atomic E-state index is 8.81. The van der Waals surface area contributed by atoms with Crippen molar-refractivity contribution >= 4 is 23.3 Å². The Bertz CT molecular complexity index is 1330. The maximum Gasteiger partial charge on any atom is 0.254 e. The molecule has 6 heterocycles. The normalized spacial score (nSPS) is 18.3. The molecule has 4 aromatic heterocycles. The van der Waals surface area contributed by atoms with Gasteiger partial charge in [-0.25, -0.2) is 9.67 Å². The molecule has 36 heavy (non-hydrogen) atoms. The SMILES string of the molecule is CC=O.CN1CCC(c2ccn(-c3nc(N4CCOCC4)c4nc(-c5ccccn5)n(C)c4n3)n2)C1. The Labute approximate surface area is 209 Å². The van der Waals surface area contributed by atoms with Crippen molar-refractivity contribution in [3.63, 3.8) is 0 Å². The quantitative estimate of drug-likeness (QED) is 0.398. The van der Waals surface area contributed by atoms with Gasteiger partial charge in [-0.15, -0.1) is 0 Å². The molecular formula is C25H31N9O2. The van der Waals surface area contributed by atoms with E-state index in [0.29, 0.717) is 25.1 Å². The van der Waals surface area contributed by atoms with Gasteiger partial charge in [0, 0.05) is 45.0 Å². The van der Waals surface area contributed by atoms with Gasteiger partial charge in [-0.3, -0.25) is 4.98 Å². The Balaban J connectivity index is 0.000000848. The van der Waals surface area contributed by atoms with Gasteiger partial charge < -0.3 is 23.9 Å². The number of carbonyl (C=O) groups is 1. The summed E-state index contributed by atoms with van der Waals surface area (Å²) in [6.07, 6.45) is 5.62. The molecule has 2 aliphatic rings. The highest BCUT2D eigenvalue weighted by Crippen LogP contribution is 2.30. The number of imidazole rings is 1. The van der Waals surface area contributed by atoms with E-state index in [-0.39, 0.29) is 0 Å². The minimum absolute atomic E-state index is 0.450. The molecule has 2 aliphatic heterocycles. The van der Waals surface area contributed by atoms with Crippen LogP contribution in [0.25, 0.3) is 28.6 Å². The highest BCUT2D eigenvalue weighted by Gasteiger charge is 2.26. The largest absolute Gasteiger partial charge is 0.378 e.